The van der Waals surface area contributed by atoms with Crippen molar-refractivity contribution in [3.63, 3.8) is 0 Å². The molecule has 0 amide bonds. The average Bonchev–Trinajstić information content (AvgIpc) is 2.89. The zero-order chi connectivity index (χ0) is 15.5. The number of methoxy groups -OCH3 is 1. The van der Waals surface area contributed by atoms with Gasteiger partial charge in [-0.3, -0.25) is 4.90 Å². The fourth-order valence-electron chi connectivity index (χ4n) is 3.55. The lowest BCUT2D eigenvalue weighted by molar-refractivity contribution is 0.201. The van der Waals surface area contributed by atoms with E-state index in [0.29, 0.717) is 5.92 Å². The molecule has 2 aromatic rings. The predicted molar refractivity (Wildman–Crippen MR) is 90.3 cm³/mol. The Hall–Kier alpha value is -1.74. The molecule has 3 rings (SSSR count). The average molecular weight is 298 g/mol. The number of ether oxygens (including phenoxy) is 1. The third-order valence-corrected chi connectivity index (χ3v) is 4.39. The topological polar surface area (TPSA) is 17.4 Å². The molecule has 0 fully saturated rings. The Bertz CT molecular complexity index is 617. The number of hydrogen-bond acceptors (Lipinski definition) is 2. The van der Waals surface area contributed by atoms with Crippen molar-refractivity contribution in [1.82, 2.24) is 9.47 Å². The molecule has 3 heteroatoms. The van der Waals surface area contributed by atoms with Gasteiger partial charge in [0.25, 0.3) is 0 Å². The Morgan fingerprint density at radius 2 is 1.95 bits per heavy atom. The van der Waals surface area contributed by atoms with Gasteiger partial charge < -0.3 is 9.30 Å². The van der Waals surface area contributed by atoms with Crippen LogP contribution < -0.4 is 4.74 Å². The highest BCUT2D eigenvalue weighted by atomic mass is 16.5. The van der Waals surface area contributed by atoms with E-state index in [9.17, 15) is 0 Å². The normalized spacial score (nSPS) is 19.0. The van der Waals surface area contributed by atoms with E-state index in [4.69, 9.17) is 4.74 Å². The highest BCUT2D eigenvalue weighted by Crippen LogP contribution is 2.36. The summed E-state index contributed by atoms with van der Waals surface area (Å²) in [6, 6.07) is 13.1. The molecule has 1 unspecified atom stereocenters. The Morgan fingerprint density at radius 1 is 1.14 bits per heavy atom. The SMILES string of the molecule is COc1ccccc1C1c2cccn2CCCN1CC(C)C. The van der Waals surface area contributed by atoms with Crippen LogP contribution in [0.5, 0.6) is 5.75 Å². The summed E-state index contributed by atoms with van der Waals surface area (Å²) in [5.41, 5.74) is 2.65. The lowest BCUT2D eigenvalue weighted by Crippen LogP contribution is -2.33. The first-order chi connectivity index (χ1) is 10.7. The molecule has 0 saturated heterocycles. The van der Waals surface area contributed by atoms with Crippen LogP contribution in [0.15, 0.2) is 42.6 Å². The monoisotopic (exact) mass is 298 g/mol. The van der Waals surface area contributed by atoms with Crippen molar-refractivity contribution in [2.24, 2.45) is 5.92 Å². The highest BCUT2D eigenvalue weighted by molar-refractivity contribution is 5.40. The van der Waals surface area contributed by atoms with Crippen molar-refractivity contribution in [1.29, 1.82) is 0 Å². The van der Waals surface area contributed by atoms with Crippen LogP contribution in [0.1, 0.15) is 37.6 Å². The first-order valence-electron chi connectivity index (χ1n) is 8.22. The minimum atomic E-state index is 0.274. The van der Waals surface area contributed by atoms with E-state index in [1.807, 2.05) is 6.07 Å². The lowest BCUT2D eigenvalue weighted by atomic mass is 9.99. The standard InChI is InChI=1S/C19H26N2O/c1-15(2)14-21-13-7-12-20-11-6-9-17(20)19(21)16-8-4-5-10-18(16)22-3/h4-6,8-11,15,19H,7,12-14H2,1-3H3. The summed E-state index contributed by atoms with van der Waals surface area (Å²) in [6.45, 7) is 7.92. The van der Waals surface area contributed by atoms with Gasteiger partial charge in [0.2, 0.25) is 0 Å². The zero-order valence-electron chi connectivity index (χ0n) is 13.8. The van der Waals surface area contributed by atoms with Crippen molar-refractivity contribution in [2.75, 3.05) is 20.2 Å². The summed E-state index contributed by atoms with van der Waals surface area (Å²) in [6.07, 6.45) is 3.40. The van der Waals surface area contributed by atoms with Gasteiger partial charge in [0.15, 0.2) is 0 Å². The predicted octanol–water partition coefficient (Wildman–Crippen LogP) is 3.95. The quantitative estimate of drug-likeness (QED) is 0.850. The minimum absolute atomic E-state index is 0.274. The number of rotatable bonds is 4. The van der Waals surface area contributed by atoms with Crippen LogP contribution in [0.3, 0.4) is 0 Å². The number of nitrogens with zero attached hydrogens (tertiary/aromatic N) is 2. The Kier molecular flexibility index (Phi) is 4.53. The highest BCUT2D eigenvalue weighted by Gasteiger charge is 2.29. The van der Waals surface area contributed by atoms with Gasteiger partial charge in [-0.25, -0.2) is 0 Å². The van der Waals surface area contributed by atoms with E-state index in [1.165, 1.54) is 17.7 Å². The summed E-state index contributed by atoms with van der Waals surface area (Å²) in [5, 5.41) is 0. The van der Waals surface area contributed by atoms with E-state index >= 15 is 0 Å². The van der Waals surface area contributed by atoms with Crippen LogP contribution in [0.4, 0.5) is 0 Å². The summed E-state index contributed by atoms with van der Waals surface area (Å²) < 4.78 is 8.05. The second-order valence-corrected chi connectivity index (χ2v) is 6.51. The largest absolute Gasteiger partial charge is 0.496 e. The van der Waals surface area contributed by atoms with Gasteiger partial charge >= 0.3 is 0 Å². The molecule has 0 N–H and O–H groups in total. The van der Waals surface area contributed by atoms with E-state index in [0.717, 1.165) is 25.4 Å². The molecule has 0 aliphatic carbocycles. The molecule has 0 spiro atoms. The van der Waals surface area contributed by atoms with Crippen LogP contribution in [0, 0.1) is 5.92 Å². The van der Waals surface area contributed by atoms with Gasteiger partial charge in [-0.2, -0.15) is 0 Å². The van der Waals surface area contributed by atoms with Gasteiger partial charge in [-0.05, 0) is 30.5 Å². The second-order valence-electron chi connectivity index (χ2n) is 6.51. The summed E-state index contributed by atoms with van der Waals surface area (Å²) >= 11 is 0. The molecule has 2 heterocycles. The maximum absolute atomic E-state index is 5.65. The summed E-state index contributed by atoms with van der Waals surface area (Å²) in [4.78, 5) is 2.61. The fourth-order valence-corrected chi connectivity index (χ4v) is 3.55. The molecule has 1 aliphatic heterocycles. The molecular weight excluding hydrogens is 272 g/mol. The van der Waals surface area contributed by atoms with Gasteiger partial charge in [0, 0.05) is 37.1 Å². The Labute approximate surface area is 133 Å². The van der Waals surface area contributed by atoms with Crippen molar-refractivity contribution < 1.29 is 4.74 Å². The number of benzene rings is 1. The van der Waals surface area contributed by atoms with Gasteiger partial charge in [-0.1, -0.05) is 32.0 Å². The van der Waals surface area contributed by atoms with Crippen molar-refractivity contribution in [3.8, 4) is 5.75 Å². The van der Waals surface area contributed by atoms with Gasteiger partial charge in [0.1, 0.15) is 5.75 Å². The summed E-state index contributed by atoms with van der Waals surface area (Å²) in [7, 11) is 1.77. The molecule has 1 atom stereocenters. The number of aromatic nitrogens is 1. The number of para-hydroxylation sites is 1. The molecule has 0 bridgehead atoms. The minimum Gasteiger partial charge on any atom is -0.496 e. The van der Waals surface area contributed by atoms with Crippen LogP contribution in [-0.2, 0) is 6.54 Å². The van der Waals surface area contributed by atoms with Gasteiger partial charge in [-0.15, -0.1) is 0 Å². The first-order valence-corrected chi connectivity index (χ1v) is 8.22. The Morgan fingerprint density at radius 3 is 2.73 bits per heavy atom. The second kappa shape index (κ2) is 6.57. The third kappa shape index (κ3) is 2.91. The molecular formula is C19H26N2O. The molecule has 22 heavy (non-hydrogen) atoms. The van der Waals surface area contributed by atoms with E-state index < -0.39 is 0 Å². The molecule has 0 saturated carbocycles. The number of hydrogen-bond donors (Lipinski definition) is 0. The van der Waals surface area contributed by atoms with E-state index in [1.54, 1.807) is 7.11 Å². The smallest absolute Gasteiger partial charge is 0.124 e. The molecule has 1 aromatic carbocycles. The van der Waals surface area contributed by atoms with Crippen molar-refractivity contribution >= 4 is 0 Å². The molecule has 3 nitrogen and oxygen atoms in total. The Balaban J connectivity index is 2.08. The van der Waals surface area contributed by atoms with Crippen LogP contribution in [0.25, 0.3) is 0 Å². The lowest BCUT2D eigenvalue weighted by Gasteiger charge is -2.32. The maximum Gasteiger partial charge on any atom is 0.124 e. The van der Waals surface area contributed by atoms with Gasteiger partial charge in [0.05, 0.1) is 13.2 Å². The zero-order valence-corrected chi connectivity index (χ0v) is 13.8. The summed E-state index contributed by atoms with van der Waals surface area (Å²) in [5.74, 6) is 1.63. The molecule has 118 valence electrons. The molecule has 0 radical (unpaired) electrons. The number of aryl methyl sites for hydroxylation is 1. The van der Waals surface area contributed by atoms with E-state index in [-0.39, 0.29) is 6.04 Å². The number of fused-ring (bicyclic) bond motifs is 1. The van der Waals surface area contributed by atoms with Crippen LogP contribution in [-0.4, -0.2) is 29.7 Å². The van der Waals surface area contributed by atoms with Crippen LogP contribution >= 0.6 is 0 Å². The van der Waals surface area contributed by atoms with Crippen molar-refractivity contribution in [3.05, 3.63) is 53.9 Å². The first kappa shape index (κ1) is 15.2. The fraction of sp³-hybridized carbons (Fsp3) is 0.474. The van der Waals surface area contributed by atoms with E-state index in [2.05, 4.69) is 59.8 Å². The van der Waals surface area contributed by atoms with Crippen LogP contribution in [0.2, 0.25) is 0 Å². The van der Waals surface area contributed by atoms with Crippen molar-refractivity contribution in [2.45, 2.75) is 32.9 Å². The third-order valence-electron chi connectivity index (χ3n) is 4.39. The molecule has 1 aromatic heterocycles. The maximum atomic E-state index is 5.65. The molecule has 1 aliphatic rings.